The second-order valence-electron chi connectivity index (χ2n) is 4.63. The van der Waals surface area contributed by atoms with Crippen LogP contribution < -0.4 is 5.32 Å². The molecule has 1 spiro atoms. The van der Waals surface area contributed by atoms with Crippen LogP contribution in [0, 0.1) is 11.3 Å². The van der Waals surface area contributed by atoms with Gasteiger partial charge in [-0.25, -0.2) is 0 Å². The van der Waals surface area contributed by atoms with Gasteiger partial charge < -0.3 is 5.32 Å². The van der Waals surface area contributed by atoms with E-state index in [1.54, 1.807) is 0 Å². The molecule has 1 aliphatic heterocycles. The maximum Gasteiger partial charge on any atom is 0.00104 e. The van der Waals surface area contributed by atoms with E-state index in [1.807, 2.05) is 0 Å². The number of nitrogens with one attached hydrogen (secondary N) is 1. The van der Waals surface area contributed by atoms with Gasteiger partial charge in [0.25, 0.3) is 0 Å². The predicted octanol–water partition coefficient (Wildman–Crippen LogP) is 2.13. The van der Waals surface area contributed by atoms with Crippen LogP contribution in [0.3, 0.4) is 0 Å². The molecule has 70 valence electrons. The van der Waals surface area contributed by atoms with Gasteiger partial charge in [0.05, 0.1) is 0 Å². The summed E-state index contributed by atoms with van der Waals surface area (Å²) in [6.07, 6.45) is 2.99. The Labute approximate surface area is 79.7 Å². The molecule has 2 heteroatoms. The lowest BCUT2D eigenvalue weighted by molar-refractivity contribution is 0.470. The van der Waals surface area contributed by atoms with E-state index >= 15 is 0 Å². The van der Waals surface area contributed by atoms with E-state index < -0.39 is 0 Å². The monoisotopic (exact) mass is 185 g/mol. The summed E-state index contributed by atoms with van der Waals surface area (Å²) in [5.41, 5.74) is 0.798. The van der Waals surface area contributed by atoms with Crippen LogP contribution in [-0.2, 0) is 0 Å². The summed E-state index contributed by atoms with van der Waals surface area (Å²) in [6, 6.07) is 0.664. The normalized spacial score (nSPS) is 39.8. The molecule has 1 saturated carbocycles. The van der Waals surface area contributed by atoms with E-state index in [1.165, 1.54) is 30.9 Å². The molecule has 2 rings (SSSR count). The molecule has 12 heavy (non-hydrogen) atoms. The molecule has 1 heterocycles. The summed E-state index contributed by atoms with van der Waals surface area (Å²) in [4.78, 5) is 0. The van der Waals surface area contributed by atoms with Crippen LogP contribution in [0.1, 0.15) is 26.7 Å². The first-order valence-electron chi connectivity index (χ1n) is 5.04. The third-order valence-electron chi connectivity index (χ3n) is 3.27. The van der Waals surface area contributed by atoms with Crippen molar-refractivity contribution in [3.05, 3.63) is 0 Å². The molecule has 1 aliphatic carbocycles. The Morgan fingerprint density at radius 3 is 3.00 bits per heavy atom. The highest BCUT2D eigenvalue weighted by Crippen LogP contribution is 2.60. The Balaban J connectivity index is 1.72. The van der Waals surface area contributed by atoms with Gasteiger partial charge in [0.1, 0.15) is 0 Å². The number of rotatable bonds is 3. The SMILES string of the molecule is CC(C)NCC1CC12CCSC2. The van der Waals surface area contributed by atoms with Gasteiger partial charge in [-0.3, -0.25) is 0 Å². The van der Waals surface area contributed by atoms with Gasteiger partial charge in [-0.05, 0) is 42.2 Å². The minimum Gasteiger partial charge on any atom is -0.314 e. The molecule has 0 aromatic rings. The van der Waals surface area contributed by atoms with Crippen LogP contribution in [0.4, 0.5) is 0 Å². The van der Waals surface area contributed by atoms with Crippen molar-refractivity contribution in [2.45, 2.75) is 32.7 Å². The fourth-order valence-electron chi connectivity index (χ4n) is 2.20. The molecule has 1 nitrogen and oxygen atoms in total. The highest BCUT2D eigenvalue weighted by atomic mass is 32.2. The van der Waals surface area contributed by atoms with Gasteiger partial charge >= 0.3 is 0 Å². The summed E-state index contributed by atoms with van der Waals surface area (Å²) in [7, 11) is 0. The predicted molar refractivity (Wildman–Crippen MR) is 55.6 cm³/mol. The van der Waals surface area contributed by atoms with Crippen LogP contribution >= 0.6 is 11.8 Å². The van der Waals surface area contributed by atoms with E-state index in [9.17, 15) is 0 Å². The first-order valence-corrected chi connectivity index (χ1v) is 6.19. The van der Waals surface area contributed by atoms with E-state index in [2.05, 4.69) is 30.9 Å². The third-order valence-corrected chi connectivity index (χ3v) is 4.54. The first kappa shape index (κ1) is 8.89. The molecule has 0 aromatic carbocycles. The Bertz CT molecular complexity index is 161. The quantitative estimate of drug-likeness (QED) is 0.723. The zero-order valence-electron chi connectivity index (χ0n) is 8.10. The largest absolute Gasteiger partial charge is 0.314 e. The van der Waals surface area contributed by atoms with Crippen LogP contribution in [0.2, 0.25) is 0 Å². The highest BCUT2D eigenvalue weighted by Gasteiger charge is 2.54. The van der Waals surface area contributed by atoms with Crippen molar-refractivity contribution < 1.29 is 0 Å². The third kappa shape index (κ3) is 1.64. The average Bonchev–Trinajstić information content (AvgIpc) is 2.42. The molecule has 1 N–H and O–H groups in total. The molecule has 0 amide bonds. The molecule has 2 fully saturated rings. The van der Waals surface area contributed by atoms with Crippen molar-refractivity contribution in [1.82, 2.24) is 5.32 Å². The maximum atomic E-state index is 3.55. The van der Waals surface area contributed by atoms with Gasteiger partial charge in [0.2, 0.25) is 0 Å². The van der Waals surface area contributed by atoms with Crippen molar-refractivity contribution >= 4 is 11.8 Å². The second-order valence-corrected chi connectivity index (χ2v) is 5.73. The Morgan fingerprint density at radius 1 is 1.58 bits per heavy atom. The molecular weight excluding hydrogens is 166 g/mol. The lowest BCUT2D eigenvalue weighted by Gasteiger charge is -2.10. The average molecular weight is 185 g/mol. The molecular formula is C10H19NS. The van der Waals surface area contributed by atoms with Crippen LogP contribution in [0.25, 0.3) is 0 Å². The maximum absolute atomic E-state index is 3.55. The Morgan fingerprint density at radius 2 is 2.42 bits per heavy atom. The van der Waals surface area contributed by atoms with E-state index in [0.717, 1.165) is 11.3 Å². The van der Waals surface area contributed by atoms with Crippen molar-refractivity contribution in [3.8, 4) is 0 Å². The van der Waals surface area contributed by atoms with Crippen LogP contribution in [0.5, 0.6) is 0 Å². The topological polar surface area (TPSA) is 12.0 Å². The van der Waals surface area contributed by atoms with Crippen molar-refractivity contribution in [2.75, 3.05) is 18.1 Å². The smallest absolute Gasteiger partial charge is 0.00104 e. The van der Waals surface area contributed by atoms with Crippen molar-refractivity contribution in [3.63, 3.8) is 0 Å². The van der Waals surface area contributed by atoms with E-state index in [-0.39, 0.29) is 0 Å². The lowest BCUT2D eigenvalue weighted by Crippen LogP contribution is -2.26. The second kappa shape index (κ2) is 3.22. The van der Waals surface area contributed by atoms with Gasteiger partial charge in [-0.15, -0.1) is 0 Å². The summed E-state index contributed by atoms with van der Waals surface area (Å²) in [5.74, 6) is 3.87. The molecule has 2 unspecified atom stereocenters. The summed E-state index contributed by atoms with van der Waals surface area (Å²) < 4.78 is 0. The molecule has 2 atom stereocenters. The van der Waals surface area contributed by atoms with Gasteiger partial charge in [-0.1, -0.05) is 13.8 Å². The fraction of sp³-hybridized carbons (Fsp3) is 1.00. The van der Waals surface area contributed by atoms with Crippen molar-refractivity contribution in [1.29, 1.82) is 0 Å². The number of hydrogen-bond acceptors (Lipinski definition) is 2. The van der Waals surface area contributed by atoms with E-state index in [0.29, 0.717) is 6.04 Å². The highest BCUT2D eigenvalue weighted by molar-refractivity contribution is 7.99. The van der Waals surface area contributed by atoms with Gasteiger partial charge in [-0.2, -0.15) is 11.8 Å². The van der Waals surface area contributed by atoms with Crippen molar-refractivity contribution in [2.24, 2.45) is 11.3 Å². The Hall–Kier alpha value is 0.310. The van der Waals surface area contributed by atoms with Gasteiger partial charge in [0.15, 0.2) is 0 Å². The summed E-state index contributed by atoms with van der Waals surface area (Å²) in [6.45, 7) is 5.73. The fourth-order valence-corrected chi connectivity index (χ4v) is 3.80. The first-order chi connectivity index (χ1) is 5.73. The standard InChI is InChI=1S/C10H19NS/c1-8(2)11-6-9-5-10(9)3-4-12-7-10/h8-9,11H,3-7H2,1-2H3. The molecule has 0 bridgehead atoms. The van der Waals surface area contributed by atoms with Crippen LogP contribution in [0.15, 0.2) is 0 Å². The molecule has 0 aromatic heterocycles. The minimum absolute atomic E-state index is 0.664. The summed E-state index contributed by atoms with van der Waals surface area (Å²) >= 11 is 2.15. The zero-order chi connectivity index (χ0) is 8.60. The van der Waals surface area contributed by atoms with Gasteiger partial charge in [0, 0.05) is 6.04 Å². The number of hydrogen-bond donors (Lipinski definition) is 1. The van der Waals surface area contributed by atoms with Crippen LogP contribution in [-0.4, -0.2) is 24.1 Å². The lowest BCUT2D eigenvalue weighted by atomic mass is 10.0. The zero-order valence-corrected chi connectivity index (χ0v) is 8.91. The minimum atomic E-state index is 0.664. The molecule has 1 saturated heterocycles. The summed E-state index contributed by atoms with van der Waals surface area (Å²) in [5, 5.41) is 3.55. The molecule has 2 aliphatic rings. The number of thioether (sulfide) groups is 1. The molecule has 0 radical (unpaired) electrons. The Kier molecular flexibility index (Phi) is 2.39. The van der Waals surface area contributed by atoms with E-state index in [4.69, 9.17) is 0 Å².